The number of fused-ring (bicyclic) bond motifs is 1. The predicted octanol–water partition coefficient (Wildman–Crippen LogP) is 3.58. The molecule has 0 aliphatic rings. The average molecular weight is 449 g/mol. The topological polar surface area (TPSA) is 30.7 Å². The van der Waals surface area contributed by atoms with Crippen molar-refractivity contribution in [1.82, 2.24) is 14.5 Å². The van der Waals surface area contributed by atoms with Crippen LogP contribution in [0.4, 0.5) is 0 Å². The van der Waals surface area contributed by atoms with Crippen molar-refractivity contribution in [2.75, 3.05) is 0 Å². The molecular formula is C14H14IrN3S-. The number of thiazole rings is 1. The number of rotatable bonds is 1. The summed E-state index contributed by atoms with van der Waals surface area (Å²) in [6.07, 6.45) is 5.02. The van der Waals surface area contributed by atoms with E-state index < -0.39 is 0 Å². The summed E-state index contributed by atoms with van der Waals surface area (Å²) in [5.74, 6) is 0. The quantitative estimate of drug-likeness (QED) is 0.533. The zero-order valence-electron chi connectivity index (χ0n) is 11.0. The van der Waals surface area contributed by atoms with E-state index >= 15 is 0 Å². The molecule has 0 spiro atoms. The van der Waals surface area contributed by atoms with Crippen LogP contribution in [0.15, 0.2) is 30.5 Å². The molecule has 0 fully saturated rings. The Labute approximate surface area is 130 Å². The zero-order chi connectivity index (χ0) is 12.8. The van der Waals surface area contributed by atoms with Crippen LogP contribution in [0.3, 0.4) is 0 Å². The van der Waals surface area contributed by atoms with E-state index in [-0.39, 0.29) is 25.5 Å². The van der Waals surface area contributed by atoms with Crippen LogP contribution in [0, 0.1) is 6.33 Å². The molecule has 1 radical (unpaired) electrons. The van der Waals surface area contributed by atoms with Gasteiger partial charge in [0.25, 0.3) is 0 Å². The van der Waals surface area contributed by atoms with E-state index in [4.69, 9.17) is 0 Å². The third-order valence-electron chi connectivity index (χ3n) is 2.79. The van der Waals surface area contributed by atoms with Crippen molar-refractivity contribution in [3.63, 3.8) is 0 Å². The van der Waals surface area contributed by atoms with Crippen LogP contribution in [0.2, 0.25) is 0 Å². The number of imidazole rings is 1. The molecule has 5 heteroatoms. The van der Waals surface area contributed by atoms with E-state index in [1.54, 1.807) is 11.3 Å². The summed E-state index contributed by atoms with van der Waals surface area (Å²) in [4.78, 5) is 8.93. The second-order valence-corrected chi connectivity index (χ2v) is 6.32. The van der Waals surface area contributed by atoms with Gasteiger partial charge in [-0.1, -0.05) is 44.8 Å². The molecule has 0 N–H and O–H groups in total. The van der Waals surface area contributed by atoms with Gasteiger partial charge in [-0.15, -0.1) is 11.3 Å². The Hall–Kier alpha value is -1.03. The minimum absolute atomic E-state index is 0. The first-order chi connectivity index (χ1) is 8.54. The first kappa shape index (κ1) is 14.4. The smallest absolute Gasteiger partial charge is 0.112 e. The molecule has 1 aromatic carbocycles. The van der Waals surface area contributed by atoms with Crippen LogP contribution in [0.1, 0.15) is 26.5 Å². The fourth-order valence-electron chi connectivity index (χ4n) is 1.71. The summed E-state index contributed by atoms with van der Waals surface area (Å²) in [7, 11) is 0. The average Bonchev–Trinajstić information content (AvgIpc) is 2.94. The summed E-state index contributed by atoms with van der Waals surface area (Å²) in [5.41, 5.74) is 2.09. The Kier molecular flexibility index (Phi) is 3.90. The van der Waals surface area contributed by atoms with Gasteiger partial charge in [-0.2, -0.15) is 0 Å². The van der Waals surface area contributed by atoms with Gasteiger partial charge in [0.2, 0.25) is 0 Å². The van der Waals surface area contributed by atoms with E-state index in [9.17, 15) is 0 Å². The molecular weight excluding hydrogens is 434 g/mol. The standard InChI is InChI=1S/C14H14N3S.Ir/c1-14(2,3)12-8-17(9-15-12)13-16-10-6-4-5-7-11(10)18-13;/h4-8H,1-3H3;/q-1;. The molecule has 2 aromatic heterocycles. The van der Waals surface area contributed by atoms with Crippen LogP contribution < -0.4 is 0 Å². The van der Waals surface area contributed by atoms with Crippen LogP contribution in [-0.4, -0.2) is 14.5 Å². The maximum absolute atomic E-state index is 4.59. The Bertz CT molecular complexity index is 661. The second kappa shape index (κ2) is 5.16. The Morgan fingerprint density at radius 3 is 2.58 bits per heavy atom. The summed E-state index contributed by atoms with van der Waals surface area (Å²) >= 11 is 1.65. The maximum atomic E-state index is 4.59. The molecule has 101 valence electrons. The van der Waals surface area contributed by atoms with E-state index in [1.165, 1.54) is 4.70 Å². The van der Waals surface area contributed by atoms with Gasteiger partial charge >= 0.3 is 0 Å². The van der Waals surface area contributed by atoms with Gasteiger partial charge in [0.1, 0.15) is 5.13 Å². The van der Waals surface area contributed by atoms with E-state index in [2.05, 4.69) is 43.1 Å². The van der Waals surface area contributed by atoms with Crippen LogP contribution in [-0.2, 0) is 25.5 Å². The van der Waals surface area contributed by atoms with Crippen molar-refractivity contribution in [2.24, 2.45) is 0 Å². The predicted molar refractivity (Wildman–Crippen MR) is 74.3 cm³/mol. The number of hydrogen-bond donors (Lipinski definition) is 0. The maximum Gasteiger partial charge on any atom is 0.112 e. The Morgan fingerprint density at radius 2 is 1.95 bits per heavy atom. The Balaban J connectivity index is 0.00000133. The van der Waals surface area contributed by atoms with Gasteiger partial charge in [-0.05, 0) is 17.5 Å². The van der Waals surface area contributed by atoms with Crippen molar-refractivity contribution in [2.45, 2.75) is 26.2 Å². The van der Waals surface area contributed by atoms with Crippen LogP contribution in [0.5, 0.6) is 0 Å². The monoisotopic (exact) mass is 449 g/mol. The summed E-state index contributed by atoms with van der Waals surface area (Å²) in [6, 6.07) is 8.14. The van der Waals surface area contributed by atoms with Crippen molar-refractivity contribution in [1.29, 1.82) is 0 Å². The molecule has 3 nitrogen and oxygen atoms in total. The SMILES string of the molecule is CC(C)(C)c1cn(-c2nc3ccccc3s2)[c-]n1.[Ir]. The minimum atomic E-state index is 0. The first-order valence-corrected chi connectivity index (χ1v) is 6.69. The molecule has 19 heavy (non-hydrogen) atoms. The van der Waals surface area contributed by atoms with E-state index in [0.29, 0.717) is 0 Å². The fraction of sp³-hybridized carbons (Fsp3) is 0.286. The first-order valence-electron chi connectivity index (χ1n) is 5.87. The van der Waals surface area contributed by atoms with Crippen molar-refractivity contribution >= 4 is 21.6 Å². The van der Waals surface area contributed by atoms with Gasteiger partial charge in [0.15, 0.2) is 0 Å². The fourth-order valence-corrected chi connectivity index (χ4v) is 2.61. The molecule has 2 heterocycles. The van der Waals surface area contributed by atoms with Gasteiger partial charge in [0.05, 0.1) is 5.52 Å². The molecule has 3 aromatic rings. The third kappa shape index (κ3) is 2.78. The number of benzene rings is 1. The van der Waals surface area contributed by atoms with Crippen molar-refractivity contribution in [3.8, 4) is 5.13 Å². The van der Waals surface area contributed by atoms with Gasteiger partial charge in [0, 0.05) is 31.1 Å². The number of aromatic nitrogens is 3. The molecule has 0 amide bonds. The van der Waals surface area contributed by atoms with Gasteiger partial charge in [-0.3, -0.25) is 4.98 Å². The Morgan fingerprint density at radius 1 is 1.21 bits per heavy atom. The molecule has 0 saturated heterocycles. The number of nitrogens with zero attached hydrogens (tertiary/aromatic N) is 3. The van der Waals surface area contributed by atoms with E-state index in [1.807, 2.05) is 29.0 Å². The van der Waals surface area contributed by atoms with Crippen LogP contribution in [0.25, 0.3) is 15.3 Å². The second-order valence-electron chi connectivity index (χ2n) is 5.31. The van der Waals surface area contributed by atoms with E-state index in [0.717, 1.165) is 16.3 Å². The molecule has 0 bridgehead atoms. The number of hydrogen-bond acceptors (Lipinski definition) is 3. The molecule has 0 saturated carbocycles. The summed E-state index contributed by atoms with van der Waals surface area (Å²) < 4.78 is 3.07. The molecule has 3 rings (SSSR count). The molecule has 0 atom stereocenters. The van der Waals surface area contributed by atoms with Crippen molar-refractivity contribution < 1.29 is 20.1 Å². The molecule has 0 unspecified atom stereocenters. The largest absolute Gasteiger partial charge is 0.409 e. The normalized spacial score (nSPS) is 11.5. The summed E-state index contributed by atoms with van der Waals surface area (Å²) in [5, 5.41) is 0.916. The van der Waals surface area contributed by atoms with Crippen LogP contribution >= 0.6 is 11.3 Å². The number of para-hydroxylation sites is 1. The summed E-state index contributed by atoms with van der Waals surface area (Å²) in [6.45, 7) is 6.43. The van der Waals surface area contributed by atoms with Gasteiger partial charge < -0.3 is 9.55 Å². The molecule has 0 aliphatic carbocycles. The van der Waals surface area contributed by atoms with Crippen molar-refractivity contribution in [3.05, 3.63) is 42.5 Å². The van der Waals surface area contributed by atoms with Gasteiger partial charge in [-0.25, -0.2) is 0 Å². The molecule has 0 aliphatic heterocycles. The minimum Gasteiger partial charge on any atom is -0.409 e. The zero-order valence-corrected chi connectivity index (χ0v) is 14.2. The third-order valence-corrected chi connectivity index (χ3v) is 3.82.